The number of guanidine groups is 1. The molecule has 0 saturated heterocycles. The van der Waals surface area contributed by atoms with Crippen LogP contribution < -0.4 is 10.6 Å². The van der Waals surface area contributed by atoms with Crippen LogP contribution in [-0.4, -0.2) is 23.5 Å². The number of rotatable bonds is 5. The summed E-state index contributed by atoms with van der Waals surface area (Å²) in [6, 6.07) is 7.25. The molecule has 2 atom stereocenters. The second-order valence-corrected chi connectivity index (χ2v) is 7.35. The van der Waals surface area contributed by atoms with Crippen LogP contribution in [0.4, 0.5) is 4.39 Å². The Morgan fingerprint density at radius 3 is 2.76 bits per heavy atom. The molecule has 3 rings (SSSR count). The van der Waals surface area contributed by atoms with Gasteiger partial charge in [0.25, 0.3) is 0 Å². The molecule has 1 heterocycles. The van der Waals surface area contributed by atoms with E-state index >= 15 is 0 Å². The summed E-state index contributed by atoms with van der Waals surface area (Å²) in [4.78, 5) is 10.4. The summed E-state index contributed by atoms with van der Waals surface area (Å²) >= 11 is 1.68. The molecule has 0 spiro atoms. The van der Waals surface area contributed by atoms with E-state index in [1.165, 1.54) is 10.9 Å². The van der Waals surface area contributed by atoms with Gasteiger partial charge >= 0.3 is 0 Å². The normalized spacial score (nSPS) is 19.3. The second-order valence-electron chi connectivity index (χ2n) is 6.06. The van der Waals surface area contributed by atoms with Crippen molar-refractivity contribution in [2.75, 3.05) is 6.54 Å². The predicted octanol–water partition coefficient (Wildman–Crippen LogP) is 4.13. The van der Waals surface area contributed by atoms with E-state index in [1.807, 2.05) is 26.0 Å². The summed E-state index contributed by atoms with van der Waals surface area (Å²) in [7, 11) is 0. The van der Waals surface area contributed by atoms with Crippen LogP contribution in [0.5, 0.6) is 0 Å². The molecule has 7 heteroatoms. The second kappa shape index (κ2) is 8.93. The van der Waals surface area contributed by atoms with E-state index < -0.39 is 0 Å². The zero-order valence-corrected chi connectivity index (χ0v) is 17.8. The van der Waals surface area contributed by atoms with E-state index in [-0.39, 0.29) is 41.8 Å². The molecular formula is C18H24FIN4S. The lowest BCUT2D eigenvalue weighted by molar-refractivity contribution is 0.607. The van der Waals surface area contributed by atoms with Gasteiger partial charge in [0.05, 0.1) is 12.2 Å². The zero-order valence-electron chi connectivity index (χ0n) is 14.7. The largest absolute Gasteiger partial charge is 0.357 e. The molecule has 0 aliphatic heterocycles. The number of benzene rings is 1. The first-order chi connectivity index (χ1) is 11.6. The van der Waals surface area contributed by atoms with Gasteiger partial charge in [-0.3, -0.25) is 0 Å². The summed E-state index contributed by atoms with van der Waals surface area (Å²) in [6.45, 7) is 7.49. The molecule has 4 nitrogen and oxygen atoms in total. The summed E-state index contributed by atoms with van der Waals surface area (Å²) in [5, 5.41) is 7.68. The number of aliphatic imine (C=N–C) groups is 1. The van der Waals surface area contributed by atoms with Gasteiger partial charge in [0, 0.05) is 23.4 Å². The number of halogens is 2. The van der Waals surface area contributed by atoms with Crippen LogP contribution in [0.15, 0.2) is 29.3 Å². The molecule has 1 aliphatic carbocycles. The van der Waals surface area contributed by atoms with Gasteiger partial charge in [-0.05, 0) is 38.8 Å². The third kappa shape index (κ3) is 5.13. The first-order valence-corrected chi connectivity index (χ1v) is 9.12. The quantitative estimate of drug-likeness (QED) is 0.390. The molecule has 1 aromatic heterocycles. The molecule has 25 heavy (non-hydrogen) atoms. The molecule has 1 aromatic carbocycles. The van der Waals surface area contributed by atoms with Gasteiger partial charge < -0.3 is 10.6 Å². The number of thiazole rings is 1. The van der Waals surface area contributed by atoms with E-state index in [0.717, 1.165) is 35.2 Å². The fraction of sp³-hybridized carbons (Fsp3) is 0.444. The molecule has 0 amide bonds. The summed E-state index contributed by atoms with van der Waals surface area (Å²) in [5.74, 6) is 0.869. The van der Waals surface area contributed by atoms with Crippen molar-refractivity contribution in [2.45, 2.75) is 45.7 Å². The molecule has 1 aliphatic rings. The minimum absolute atomic E-state index is 0. The number of nitrogens with one attached hydrogen (secondary N) is 2. The molecule has 136 valence electrons. The van der Waals surface area contributed by atoms with Gasteiger partial charge in [0.2, 0.25) is 0 Å². The first kappa shape index (κ1) is 20.1. The van der Waals surface area contributed by atoms with E-state index in [4.69, 9.17) is 0 Å². The van der Waals surface area contributed by atoms with Crippen molar-refractivity contribution in [1.29, 1.82) is 0 Å². The molecule has 1 saturated carbocycles. The summed E-state index contributed by atoms with van der Waals surface area (Å²) in [6.07, 6.45) is 0.931. The van der Waals surface area contributed by atoms with Crippen molar-refractivity contribution in [3.8, 4) is 0 Å². The monoisotopic (exact) mass is 474 g/mol. The Morgan fingerprint density at radius 2 is 2.12 bits per heavy atom. The molecule has 2 aromatic rings. The van der Waals surface area contributed by atoms with Crippen molar-refractivity contribution in [1.82, 2.24) is 15.6 Å². The lowest BCUT2D eigenvalue weighted by Crippen LogP contribution is -2.39. The first-order valence-electron chi connectivity index (χ1n) is 8.30. The number of hydrogen-bond acceptors (Lipinski definition) is 3. The van der Waals surface area contributed by atoms with Crippen molar-refractivity contribution < 1.29 is 4.39 Å². The Balaban J connectivity index is 0.00000225. The Bertz CT molecular complexity index is 727. The zero-order chi connectivity index (χ0) is 17.1. The van der Waals surface area contributed by atoms with Crippen LogP contribution in [0.1, 0.15) is 40.4 Å². The minimum atomic E-state index is -0.123. The van der Waals surface area contributed by atoms with Crippen molar-refractivity contribution >= 4 is 41.3 Å². The van der Waals surface area contributed by atoms with Crippen LogP contribution in [0.25, 0.3) is 0 Å². The average Bonchev–Trinajstić information content (AvgIpc) is 3.23. The van der Waals surface area contributed by atoms with Crippen LogP contribution in [0.2, 0.25) is 0 Å². The Hall–Kier alpha value is -1.22. The molecule has 0 bridgehead atoms. The van der Waals surface area contributed by atoms with Gasteiger partial charge in [-0.25, -0.2) is 14.4 Å². The SMILES string of the molecule is CCNC(=NCc1nc(C)c(C)s1)NC1CC1c1ccccc1F.I. The van der Waals surface area contributed by atoms with Crippen LogP contribution in [0, 0.1) is 19.7 Å². The fourth-order valence-corrected chi connectivity index (χ4v) is 3.58. The molecule has 2 N–H and O–H groups in total. The van der Waals surface area contributed by atoms with Crippen molar-refractivity contribution in [3.05, 3.63) is 51.2 Å². The highest BCUT2D eigenvalue weighted by molar-refractivity contribution is 14.0. The van der Waals surface area contributed by atoms with Gasteiger partial charge in [0.1, 0.15) is 10.8 Å². The predicted molar refractivity (Wildman–Crippen MR) is 113 cm³/mol. The Morgan fingerprint density at radius 1 is 1.36 bits per heavy atom. The highest BCUT2D eigenvalue weighted by atomic mass is 127. The van der Waals surface area contributed by atoms with Crippen molar-refractivity contribution in [2.24, 2.45) is 4.99 Å². The van der Waals surface area contributed by atoms with Crippen LogP contribution >= 0.6 is 35.3 Å². The topological polar surface area (TPSA) is 49.3 Å². The number of aryl methyl sites for hydroxylation is 2. The van der Waals surface area contributed by atoms with Crippen LogP contribution in [-0.2, 0) is 6.54 Å². The standard InChI is InChI=1S/C18H23FN4S.HI/c1-4-20-18(21-10-17-22-11(2)12(3)24-17)23-16-9-14(16)13-7-5-6-8-15(13)19;/h5-8,14,16H,4,9-10H2,1-3H3,(H2,20,21,23);1H. The summed E-state index contributed by atoms with van der Waals surface area (Å²) < 4.78 is 13.9. The maximum Gasteiger partial charge on any atom is 0.191 e. The van der Waals surface area contributed by atoms with E-state index in [0.29, 0.717) is 6.54 Å². The maximum atomic E-state index is 13.9. The molecular weight excluding hydrogens is 450 g/mol. The summed E-state index contributed by atoms with van der Waals surface area (Å²) in [5.41, 5.74) is 1.86. The maximum absolute atomic E-state index is 13.9. The average molecular weight is 474 g/mol. The third-order valence-electron chi connectivity index (χ3n) is 4.21. The Labute approximate surface area is 169 Å². The number of aromatic nitrogens is 1. The number of hydrogen-bond donors (Lipinski definition) is 2. The lowest BCUT2D eigenvalue weighted by Gasteiger charge is -2.11. The minimum Gasteiger partial charge on any atom is -0.357 e. The van der Waals surface area contributed by atoms with E-state index in [1.54, 1.807) is 17.4 Å². The van der Waals surface area contributed by atoms with Gasteiger partial charge in [-0.2, -0.15) is 0 Å². The Kier molecular flexibility index (Phi) is 7.18. The molecule has 2 unspecified atom stereocenters. The van der Waals surface area contributed by atoms with Gasteiger partial charge in [-0.1, -0.05) is 18.2 Å². The van der Waals surface area contributed by atoms with Gasteiger partial charge in [-0.15, -0.1) is 35.3 Å². The smallest absolute Gasteiger partial charge is 0.191 e. The molecule has 1 fully saturated rings. The van der Waals surface area contributed by atoms with Crippen molar-refractivity contribution in [3.63, 3.8) is 0 Å². The number of nitrogens with zero attached hydrogens (tertiary/aromatic N) is 2. The third-order valence-corrected chi connectivity index (χ3v) is 5.26. The van der Waals surface area contributed by atoms with Gasteiger partial charge in [0.15, 0.2) is 5.96 Å². The highest BCUT2D eigenvalue weighted by Gasteiger charge is 2.40. The fourth-order valence-electron chi connectivity index (χ4n) is 2.72. The molecule has 0 radical (unpaired) electrons. The lowest BCUT2D eigenvalue weighted by atomic mass is 10.1. The van der Waals surface area contributed by atoms with E-state index in [2.05, 4.69) is 27.5 Å². The van der Waals surface area contributed by atoms with E-state index in [9.17, 15) is 4.39 Å². The highest BCUT2D eigenvalue weighted by Crippen LogP contribution is 2.41. The van der Waals surface area contributed by atoms with Crippen LogP contribution in [0.3, 0.4) is 0 Å².